The molecular formula is C15H13FN4OS2. The average Bonchev–Trinajstić information content (AvgIpc) is 3.23. The Bertz CT molecular complexity index is 771. The van der Waals surface area contributed by atoms with Crippen molar-refractivity contribution in [1.82, 2.24) is 20.3 Å². The van der Waals surface area contributed by atoms with Crippen molar-refractivity contribution in [3.63, 3.8) is 0 Å². The zero-order chi connectivity index (χ0) is 16.1. The van der Waals surface area contributed by atoms with Crippen LogP contribution in [0.2, 0.25) is 0 Å². The van der Waals surface area contributed by atoms with E-state index < -0.39 is 0 Å². The van der Waals surface area contributed by atoms with Gasteiger partial charge in [0.25, 0.3) is 0 Å². The quantitative estimate of drug-likeness (QED) is 0.696. The molecule has 0 radical (unpaired) electrons. The molecule has 3 aromatic rings. The predicted octanol–water partition coefficient (Wildman–Crippen LogP) is 2.88. The Morgan fingerprint density at radius 3 is 2.87 bits per heavy atom. The number of nitrogens with one attached hydrogen (secondary N) is 1. The van der Waals surface area contributed by atoms with Crippen LogP contribution in [0.15, 0.2) is 52.2 Å². The van der Waals surface area contributed by atoms with Crippen molar-refractivity contribution in [3.8, 4) is 5.69 Å². The Hall–Kier alpha value is -2.19. The summed E-state index contributed by atoms with van der Waals surface area (Å²) in [6.07, 6.45) is 1.79. The molecule has 8 heteroatoms. The van der Waals surface area contributed by atoms with Crippen molar-refractivity contribution >= 4 is 29.0 Å². The fraction of sp³-hybridized carbons (Fsp3) is 0.133. The largest absolute Gasteiger partial charge is 0.350 e. The fourth-order valence-electron chi connectivity index (χ4n) is 1.81. The molecular weight excluding hydrogens is 335 g/mol. The lowest BCUT2D eigenvalue weighted by atomic mass is 10.4. The number of benzene rings is 1. The van der Waals surface area contributed by atoms with Crippen LogP contribution in [0, 0.1) is 5.82 Å². The van der Waals surface area contributed by atoms with Crippen LogP contribution in [0.4, 0.5) is 4.39 Å². The molecule has 0 unspecified atom stereocenters. The second kappa shape index (κ2) is 7.38. The second-order valence-electron chi connectivity index (χ2n) is 4.66. The maximum Gasteiger partial charge on any atom is 0.230 e. The van der Waals surface area contributed by atoms with Gasteiger partial charge in [0.15, 0.2) is 0 Å². The number of rotatable bonds is 6. The van der Waals surface area contributed by atoms with Crippen LogP contribution in [-0.2, 0) is 11.3 Å². The summed E-state index contributed by atoms with van der Waals surface area (Å²) < 4.78 is 14.5. The predicted molar refractivity (Wildman–Crippen MR) is 88.2 cm³/mol. The molecule has 0 saturated heterocycles. The van der Waals surface area contributed by atoms with Gasteiger partial charge in [0.1, 0.15) is 11.5 Å². The second-order valence-corrected chi connectivity index (χ2v) is 6.48. The minimum atomic E-state index is -0.285. The van der Waals surface area contributed by atoms with E-state index in [-0.39, 0.29) is 17.5 Å². The Kier molecular flexibility index (Phi) is 5.04. The highest BCUT2D eigenvalue weighted by Gasteiger charge is 2.06. The van der Waals surface area contributed by atoms with Crippen molar-refractivity contribution in [3.05, 3.63) is 58.8 Å². The van der Waals surface area contributed by atoms with Crippen molar-refractivity contribution in [2.75, 3.05) is 5.75 Å². The molecule has 1 amide bonds. The Morgan fingerprint density at radius 1 is 1.30 bits per heavy atom. The maximum absolute atomic E-state index is 12.8. The highest BCUT2D eigenvalue weighted by Crippen LogP contribution is 2.17. The van der Waals surface area contributed by atoms with Crippen molar-refractivity contribution in [2.24, 2.45) is 0 Å². The summed E-state index contributed by atoms with van der Waals surface area (Å²) in [4.78, 5) is 12.7. The van der Waals surface area contributed by atoms with Crippen LogP contribution >= 0.6 is 23.1 Å². The van der Waals surface area contributed by atoms with Crippen LogP contribution in [-0.4, -0.2) is 26.7 Å². The van der Waals surface area contributed by atoms with Gasteiger partial charge in [-0.15, -0.1) is 16.9 Å². The zero-order valence-corrected chi connectivity index (χ0v) is 13.6. The Morgan fingerprint density at radius 2 is 2.13 bits per heavy atom. The van der Waals surface area contributed by atoms with Gasteiger partial charge in [0.2, 0.25) is 5.91 Å². The number of nitrogens with zero attached hydrogens (tertiary/aromatic N) is 3. The van der Waals surface area contributed by atoms with E-state index in [1.807, 2.05) is 16.8 Å². The van der Waals surface area contributed by atoms with Gasteiger partial charge < -0.3 is 5.32 Å². The van der Waals surface area contributed by atoms with E-state index >= 15 is 0 Å². The Balaban J connectivity index is 1.46. The third kappa shape index (κ3) is 4.40. The molecule has 118 valence electrons. The first kappa shape index (κ1) is 15.7. The summed E-state index contributed by atoms with van der Waals surface area (Å²) in [5, 5.41) is 14.8. The van der Waals surface area contributed by atoms with E-state index in [1.54, 1.807) is 34.3 Å². The average molecular weight is 348 g/mol. The van der Waals surface area contributed by atoms with Gasteiger partial charge >= 0.3 is 0 Å². The molecule has 1 aromatic carbocycles. The van der Waals surface area contributed by atoms with Gasteiger partial charge in [-0.1, -0.05) is 5.21 Å². The summed E-state index contributed by atoms with van der Waals surface area (Å²) in [5.74, 6) is -0.124. The number of carbonyl (C=O) groups excluding carboxylic acids is 1. The highest BCUT2D eigenvalue weighted by atomic mass is 32.2. The van der Waals surface area contributed by atoms with Gasteiger partial charge in [-0.25, -0.2) is 9.07 Å². The molecule has 0 atom stereocenters. The van der Waals surface area contributed by atoms with Crippen LogP contribution in [0.5, 0.6) is 0 Å². The van der Waals surface area contributed by atoms with Gasteiger partial charge in [0, 0.05) is 10.3 Å². The summed E-state index contributed by atoms with van der Waals surface area (Å²) in [6.45, 7) is 0.326. The molecule has 1 N–H and O–H groups in total. The van der Waals surface area contributed by atoms with E-state index in [0.717, 1.165) is 10.6 Å². The lowest BCUT2D eigenvalue weighted by molar-refractivity contribution is -0.118. The monoisotopic (exact) mass is 348 g/mol. The lowest BCUT2D eigenvalue weighted by Gasteiger charge is -2.03. The number of thiophene rings is 1. The highest BCUT2D eigenvalue weighted by molar-refractivity contribution is 8.00. The van der Waals surface area contributed by atoms with Gasteiger partial charge in [-0.3, -0.25) is 4.79 Å². The number of aromatic nitrogens is 3. The number of halogens is 1. The van der Waals surface area contributed by atoms with Gasteiger partial charge in [0.05, 0.1) is 24.2 Å². The lowest BCUT2D eigenvalue weighted by Crippen LogP contribution is -2.24. The van der Waals surface area contributed by atoms with Crippen molar-refractivity contribution < 1.29 is 9.18 Å². The first-order valence-corrected chi connectivity index (χ1v) is 8.72. The van der Waals surface area contributed by atoms with Crippen molar-refractivity contribution in [1.29, 1.82) is 0 Å². The number of hydrogen-bond acceptors (Lipinski definition) is 5. The zero-order valence-electron chi connectivity index (χ0n) is 12.0. The molecule has 0 spiro atoms. The molecule has 0 aliphatic heterocycles. The topological polar surface area (TPSA) is 59.8 Å². The van der Waals surface area contributed by atoms with E-state index in [4.69, 9.17) is 0 Å². The maximum atomic E-state index is 12.8. The molecule has 3 rings (SSSR count). The first-order chi connectivity index (χ1) is 11.2. The Labute approximate surface area is 140 Å². The molecule has 0 saturated carbocycles. The van der Waals surface area contributed by atoms with Crippen molar-refractivity contribution in [2.45, 2.75) is 11.4 Å². The SMILES string of the molecule is O=C(CSc1ccc(F)cc1)NCc1cn(-c2ccsc2)nn1. The molecule has 0 bridgehead atoms. The fourth-order valence-corrected chi connectivity index (χ4v) is 3.16. The third-order valence-electron chi connectivity index (χ3n) is 2.96. The molecule has 0 aliphatic carbocycles. The first-order valence-electron chi connectivity index (χ1n) is 6.79. The third-order valence-corrected chi connectivity index (χ3v) is 4.64. The number of thioether (sulfide) groups is 1. The van der Waals surface area contributed by atoms with E-state index in [1.165, 1.54) is 23.9 Å². The summed E-state index contributed by atoms with van der Waals surface area (Å²) in [6, 6.07) is 8.01. The van der Waals surface area contributed by atoms with E-state index in [9.17, 15) is 9.18 Å². The molecule has 2 heterocycles. The standard InChI is InChI=1S/C15H13FN4OS2/c16-11-1-3-14(4-2-11)23-10-15(21)17-7-12-8-20(19-18-12)13-5-6-22-9-13/h1-6,8-9H,7,10H2,(H,17,21). The number of amides is 1. The summed E-state index contributed by atoms with van der Waals surface area (Å²) >= 11 is 2.94. The molecule has 5 nitrogen and oxygen atoms in total. The van der Waals surface area contributed by atoms with Crippen LogP contribution in [0.1, 0.15) is 5.69 Å². The minimum absolute atomic E-state index is 0.107. The number of hydrogen-bond donors (Lipinski definition) is 1. The molecule has 0 fully saturated rings. The molecule has 0 aliphatic rings. The minimum Gasteiger partial charge on any atom is -0.350 e. The summed E-state index contributed by atoms with van der Waals surface area (Å²) in [5.41, 5.74) is 1.64. The summed E-state index contributed by atoms with van der Waals surface area (Å²) in [7, 11) is 0. The van der Waals surface area contributed by atoms with E-state index in [0.29, 0.717) is 12.2 Å². The van der Waals surface area contributed by atoms with Gasteiger partial charge in [-0.05, 0) is 35.7 Å². The number of carbonyl (C=O) groups is 1. The van der Waals surface area contributed by atoms with Crippen LogP contribution in [0.3, 0.4) is 0 Å². The normalized spacial score (nSPS) is 10.7. The van der Waals surface area contributed by atoms with Crippen LogP contribution < -0.4 is 5.32 Å². The van der Waals surface area contributed by atoms with Gasteiger partial charge in [-0.2, -0.15) is 11.3 Å². The molecule has 2 aromatic heterocycles. The molecule has 23 heavy (non-hydrogen) atoms. The van der Waals surface area contributed by atoms with Crippen LogP contribution in [0.25, 0.3) is 5.69 Å². The smallest absolute Gasteiger partial charge is 0.230 e. The van der Waals surface area contributed by atoms with E-state index in [2.05, 4.69) is 15.6 Å².